The molecule has 1 aromatic rings. The van der Waals surface area contributed by atoms with Crippen LogP contribution in [-0.2, 0) is 29.0 Å². The number of carboxylic acids is 1. The third-order valence-electron chi connectivity index (χ3n) is 2.96. The molecule has 3 nitrogen and oxygen atoms in total. The van der Waals surface area contributed by atoms with E-state index in [-0.39, 0.29) is 6.42 Å². The molecule has 1 aliphatic heterocycles. The predicted molar refractivity (Wildman–Crippen MR) is 60.4 cm³/mol. The number of aryl methyl sites for hydroxylation is 1. The van der Waals surface area contributed by atoms with Gasteiger partial charge in [0.1, 0.15) is 0 Å². The maximum atomic E-state index is 10.5. The van der Waals surface area contributed by atoms with E-state index in [1.807, 2.05) is 6.07 Å². The molecule has 1 heterocycles. The van der Waals surface area contributed by atoms with E-state index in [4.69, 9.17) is 9.84 Å². The average molecular weight is 220 g/mol. The summed E-state index contributed by atoms with van der Waals surface area (Å²) in [7, 11) is 0. The summed E-state index contributed by atoms with van der Waals surface area (Å²) in [5.41, 5.74) is 3.93. The molecule has 0 unspecified atom stereocenters. The van der Waals surface area contributed by atoms with Gasteiger partial charge in [-0.05, 0) is 36.0 Å². The number of rotatable bonds is 4. The lowest BCUT2D eigenvalue weighted by atomic mass is 9.94. The Morgan fingerprint density at radius 2 is 2.31 bits per heavy atom. The van der Waals surface area contributed by atoms with Crippen LogP contribution < -0.4 is 0 Å². The molecule has 0 aromatic heterocycles. The van der Waals surface area contributed by atoms with E-state index < -0.39 is 5.97 Å². The van der Waals surface area contributed by atoms with Gasteiger partial charge >= 0.3 is 5.97 Å². The minimum atomic E-state index is -0.715. The smallest absolute Gasteiger partial charge is 0.303 e. The third kappa shape index (κ3) is 2.61. The number of hydrogen-bond acceptors (Lipinski definition) is 2. The second kappa shape index (κ2) is 5.12. The molecule has 1 aromatic carbocycles. The summed E-state index contributed by atoms with van der Waals surface area (Å²) >= 11 is 0. The number of fused-ring (bicyclic) bond motifs is 1. The fraction of sp³-hybridized carbons (Fsp3) is 0.462. The first kappa shape index (κ1) is 11.1. The quantitative estimate of drug-likeness (QED) is 0.845. The normalized spacial score (nSPS) is 14.5. The average Bonchev–Trinajstić information content (AvgIpc) is 2.29. The second-order valence-corrected chi connectivity index (χ2v) is 4.10. The molecule has 0 radical (unpaired) electrons. The first-order valence-corrected chi connectivity index (χ1v) is 5.66. The number of hydrogen-bond donors (Lipinski definition) is 1. The highest BCUT2D eigenvalue weighted by atomic mass is 16.5. The Labute approximate surface area is 95.0 Å². The summed E-state index contributed by atoms with van der Waals surface area (Å²) in [5.74, 6) is -0.715. The van der Waals surface area contributed by atoms with Crippen LogP contribution in [0.15, 0.2) is 18.2 Å². The minimum absolute atomic E-state index is 0.250. The molecule has 0 amide bonds. The largest absolute Gasteiger partial charge is 0.481 e. The molecule has 0 saturated heterocycles. The molecular formula is C13H16O3. The minimum Gasteiger partial charge on any atom is -0.481 e. The predicted octanol–water partition coefficient (Wildman–Crippen LogP) is 2.17. The topological polar surface area (TPSA) is 46.5 Å². The van der Waals surface area contributed by atoms with Crippen LogP contribution in [0.2, 0.25) is 0 Å². The van der Waals surface area contributed by atoms with Crippen molar-refractivity contribution < 1.29 is 14.6 Å². The van der Waals surface area contributed by atoms with Gasteiger partial charge in [0.05, 0.1) is 13.2 Å². The zero-order valence-corrected chi connectivity index (χ0v) is 9.24. The Balaban J connectivity index is 2.05. The molecular weight excluding hydrogens is 204 g/mol. The molecule has 0 saturated carbocycles. The first-order valence-electron chi connectivity index (χ1n) is 5.66. The maximum absolute atomic E-state index is 10.5. The monoisotopic (exact) mass is 220 g/mol. The molecule has 1 aliphatic rings. The van der Waals surface area contributed by atoms with Crippen LogP contribution in [0.4, 0.5) is 0 Å². The zero-order valence-electron chi connectivity index (χ0n) is 9.24. The van der Waals surface area contributed by atoms with Crippen molar-refractivity contribution in [3.05, 3.63) is 34.9 Å². The van der Waals surface area contributed by atoms with E-state index in [0.29, 0.717) is 13.0 Å². The molecule has 86 valence electrons. The van der Waals surface area contributed by atoms with Crippen LogP contribution in [0.25, 0.3) is 0 Å². The standard InChI is InChI=1S/C13H16O3/c14-13(15)6-2-4-10-3-1-5-11-9-16-8-7-12(10)11/h1,3,5H,2,4,6-9H2,(H,14,15). The fourth-order valence-corrected chi connectivity index (χ4v) is 2.16. The van der Waals surface area contributed by atoms with Crippen molar-refractivity contribution in [3.63, 3.8) is 0 Å². The van der Waals surface area contributed by atoms with Crippen LogP contribution in [0.3, 0.4) is 0 Å². The number of carboxylic acid groups (broad SMARTS) is 1. The van der Waals surface area contributed by atoms with Crippen LogP contribution in [0, 0.1) is 0 Å². The van der Waals surface area contributed by atoms with E-state index in [1.54, 1.807) is 0 Å². The van der Waals surface area contributed by atoms with Crippen LogP contribution in [0.1, 0.15) is 29.5 Å². The maximum Gasteiger partial charge on any atom is 0.303 e. The number of benzene rings is 1. The molecule has 1 N–H and O–H groups in total. The van der Waals surface area contributed by atoms with Gasteiger partial charge in [-0.2, -0.15) is 0 Å². The molecule has 0 spiro atoms. The van der Waals surface area contributed by atoms with Crippen molar-refractivity contribution in [2.45, 2.75) is 32.3 Å². The van der Waals surface area contributed by atoms with Gasteiger partial charge in [0.15, 0.2) is 0 Å². The van der Waals surface area contributed by atoms with Crippen molar-refractivity contribution >= 4 is 5.97 Å². The Bertz CT molecular complexity index is 385. The van der Waals surface area contributed by atoms with Gasteiger partial charge in [-0.25, -0.2) is 0 Å². The zero-order chi connectivity index (χ0) is 11.4. The highest BCUT2D eigenvalue weighted by Crippen LogP contribution is 2.22. The first-order chi connectivity index (χ1) is 7.77. The van der Waals surface area contributed by atoms with E-state index in [2.05, 4.69) is 12.1 Å². The van der Waals surface area contributed by atoms with E-state index in [0.717, 1.165) is 19.4 Å². The summed E-state index contributed by atoms with van der Waals surface area (Å²) in [6.07, 6.45) is 2.78. The van der Waals surface area contributed by atoms with E-state index >= 15 is 0 Å². The van der Waals surface area contributed by atoms with E-state index in [9.17, 15) is 4.79 Å². The van der Waals surface area contributed by atoms with Crippen molar-refractivity contribution in [3.8, 4) is 0 Å². The highest BCUT2D eigenvalue weighted by Gasteiger charge is 2.12. The summed E-state index contributed by atoms with van der Waals surface area (Å²) in [4.78, 5) is 10.5. The summed E-state index contributed by atoms with van der Waals surface area (Å²) in [5, 5.41) is 8.61. The SMILES string of the molecule is O=C(O)CCCc1cccc2c1CCOC2. The second-order valence-electron chi connectivity index (χ2n) is 4.10. The number of carbonyl (C=O) groups is 1. The van der Waals surface area contributed by atoms with Crippen molar-refractivity contribution in [2.24, 2.45) is 0 Å². The lowest BCUT2D eigenvalue weighted by molar-refractivity contribution is -0.137. The Morgan fingerprint density at radius 3 is 3.12 bits per heavy atom. The molecule has 0 fully saturated rings. The molecule has 16 heavy (non-hydrogen) atoms. The lowest BCUT2D eigenvalue weighted by Crippen LogP contribution is -2.12. The highest BCUT2D eigenvalue weighted by molar-refractivity contribution is 5.66. The van der Waals surface area contributed by atoms with Crippen molar-refractivity contribution in [1.82, 2.24) is 0 Å². The Kier molecular flexibility index (Phi) is 3.57. The summed E-state index contributed by atoms with van der Waals surface area (Å²) < 4.78 is 5.40. The van der Waals surface area contributed by atoms with Gasteiger partial charge in [0.25, 0.3) is 0 Å². The number of ether oxygens (including phenoxy) is 1. The molecule has 0 bridgehead atoms. The third-order valence-corrected chi connectivity index (χ3v) is 2.96. The molecule has 0 aliphatic carbocycles. The van der Waals surface area contributed by atoms with Crippen LogP contribution in [0.5, 0.6) is 0 Å². The van der Waals surface area contributed by atoms with Crippen molar-refractivity contribution in [1.29, 1.82) is 0 Å². The Morgan fingerprint density at radius 1 is 1.44 bits per heavy atom. The van der Waals surface area contributed by atoms with Crippen LogP contribution in [-0.4, -0.2) is 17.7 Å². The van der Waals surface area contributed by atoms with Crippen LogP contribution >= 0.6 is 0 Å². The lowest BCUT2D eigenvalue weighted by Gasteiger charge is -2.19. The van der Waals surface area contributed by atoms with Gasteiger partial charge in [-0.15, -0.1) is 0 Å². The van der Waals surface area contributed by atoms with Gasteiger partial charge in [0.2, 0.25) is 0 Å². The summed E-state index contributed by atoms with van der Waals surface area (Å²) in [6.45, 7) is 1.48. The van der Waals surface area contributed by atoms with E-state index in [1.165, 1.54) is 16.7 Å². The van der Waals surface area contributed by atoms with Gasteiger partial charge < -0.3 is 9.84 Å². The van der Waals surface area contributed by atoms with Gasteiger partial charge in [-0.1, -0.05) is 18.2 Å². The fourth-order valence-electron chi connectivity index (χ4n) is 2.16. The Hall–Kier alpha value is -1.35. The van der Waals surface area contributed by atoms with Gasteiger partial charge in [-0.3, -0.25) is 4.79 Å². The summed E-state index contributed by atoms with van der Waals surface area (Å²) in [6, 6.07) is 6.23. The van der Waals surface area contributed by atoms with Crippen molar-refractivity contribution in [2.75, 3.05) is 6.61 Å². The molecule has 2 rings (SSSR count). The molecule has 0 atom stereocenters. The molecule has 3 heteroatoms. The number of aliphatic carboxylic acids is 1. The van der Waals surface area contributed by atoms with Gasteiger partial charge in [0, 0.05) is 6.42 Å².